The molecule has 3 heterocycles. The van der Waals surface area contributed by atoms with Gasteiger partial charge in [-0.05, 0) is 71.4 Å². The van der Waals surface area contributed by atoms with Gasteiger partial charge in [-0.3, -0.25) is 14.6 Å². The van der Waals surface area contributed by atoms with Crippen LogP contribution in [0.3, 0.4) is 0 Å². The Balaban J connectivity index is 1.60. The van der Waals surface area contributed by atoms with Crippen molar-refractivity contribution in [1.29, 1.82) is 0 Å². The van der Waals surface area contributed by atoms with Crippen LogP contribution >= 0.6 is 15.9 Å². The van der Waals surface area contributed by atoms with E-state index in [0.29, 0.717) is 15.4 Å². The van der Waals surface area contributed by atoms with E-state index in [0.717, 1.165) is 18.2 Å². The minimum atomic E-state index is -5.35. The number of methoxy groups -OCH3 is 1. The molecule has 5 rings (SSSR count). The second-order valence-corrected chi connectivity index (χ2v) is 11.3. The quantitative estimate of drug-likeness (QED) is 0.241. The number of hydrogen-bond donors (Lipinski definition) is 3. The first kappa shape index (κ1) is 31.1. The third kappa shape index (κ3) is 5.32. The number of carbonyl (C=O) groups is 2. The van der Waals surface area contributed by atoms with Crippen molar-refractivity contribution in [2.45, 2.75) is 24.1 Å². The number of carbonyl (C=O) groups excluding carboxylic acids is 2. The molecule has 0 fully saturated rings. The Hall–Kier alpha value is -4.30. The van der Waals surface area contributed by atoms with Gasteiger partial charge in [0.15, 0.2) is 0 Å². The fourth-order valence-electron chi connectivity index (χ4n) is 4.99. The third-order valence-corrected chi connectivity index (χ3v) is 7.95. The van der Waals surface area contributed by atoms with E-state index in [2.05, 4.69) is 36.5 Å². The van der Waals surface area contributed by atoms with Crippen LogP contribution in [0.2, 0.25) is 0 Å². The number of rotatable bonds is 7. The van der Waals surface area contributed by atoms with Gasteiger partial charge in [-0.2, -0.15) is 13.2 Å². The molecule has 0 spiro atoms. The van der Waals surface area contributed by atoms with E-state index in [1.165, 1.54) is 51.5 Å². The lowest BCUT2D eigenvalue weighted by atomic mass is 9.81. The maximum atomic E-state index is 14.7. The molecular formula is C30H25BrF4N4O5. The molecule has 9 nitrogen and oxygen atoms in total. The van der Waals surface area contributed by atoms with Gasteiger partial charge in [0, 0.05) is 39.8 Å². The summed E-state index contributed by atoms with van der Waals surface area (Å²) >= 11 is 3.29. The summed E-state index contributed by atoms with van der Waals surface area (Å²) in [7, 11) is 2.73. The zero-order valence-corrected chi connectivity index (χ0v) is 25.1. The summed E-state index contributed by atoms with van der Waals surface area (Å²) in [6, 6.07) is 10.1. The Kier molecular flexibility index (Phi) is 8.01. The molecule has 4 aromatic rings. The topological polar surface area (TPSA) is 123 Å². The zero-order valence-electron chi connectivity index (χ0n) is 23.5. The molecule has 2 aromatic heterocycles. The Labute approximate surface area is 256 Å². The van der Waals surface area contributed by atoms with E-state index < -0.39 is 47.1 Å². The Bertz CT molecular complexity index is 1790. The Morgan fingerprint density at radius 2 is 1.86 bits per heavy atom. The second kappa shape index (κ2) is 11.3. The highest BCUT2D eigenvalue weighted by Crippen LogP contribution is 2.48. The number of likely N-dealkylation sites (N-methyl/N-ethyl adjacent to an activating group) is 1. The summed E-state index contributed by atoms with van der Waals surface area (Å²) < 4.78 is 69.6. The van der Waals surface area contributed by atoms with Gasteiger partial charge in [0.25, 0.3) is 5.91 Å². The van der Waals surface area contributed by atoms with Crippen molar-refractivity contribution < 1.29 is 41.7 Å². The summed E-state index contributed by atoms with van der Waals surface area (Å²) in [6.45, 7) is -0.0828. The summed E-state index contributed by atoms with van der Waals surface area (Å²) in [5, 5.41) is 16.4. The first-order valence-corrected chi connectivity index (χ1v) is 13.9. The molecule has 0 unspecified atom stereocenters. The fraction of sp³-hybridized carbons (Fsp3) is 0.267. The number of amides is 2. The van der Waals surface area contributed by atoms with Gasteiger partial charge in [-0.1, -0.05) is 0 Å². The van der Waals surface area contributed by atoms with Gasteiger partial charge < -0.3 is 25.2 Å². The standard InChI is InChI=1S/C30H25BrF4N4O5/c1-28(27(41)36-2)14-44-25-20(28)11-22(39-24(25)15-4-6-19(32)7-5-15)29(42,30(33,34)35)13-38-26(40)17-8-16-9-18(31)12-37-23(16)21(10-17)43-3/h4-12,42H,13-14H2,1-3H3,(H,36,41)(H,38,40)/t28-,29-/m0/s1. The van der Waals surface area contributed by atoms with Crippen molar-refractivity contribution >= 4 is 38.6 Å². The molecule has 2 aromatic carbocycles. The van der Waals surface area contributed by atoms with Crippen LogP contribution in [0.25, 0.3) is 22.2 Å². The van der Waals surface area contributed by atoms with Crippen LogP contribution in [0.1, 0.15) is 28.5 Å². The average molecular weight is 677 g/mol. The maximum Gasteiger partial charge on any atom is 0.424 e. The first-order valence-electron chi connectivity index (χ1n) is 13.1. The summed E-state index contributed by atoms with van der Waals surface area (Å²) in [5.74, 6) is -1.85. The molecule has 0 saturated heterocycles. The largest absolute Gasteiger partial charge is 0.494 e. The number of nitrogens with zero attached hydrogens (tertiary/aromatic N) is 2. The number of halogens is 5. The van der Waals surface area contributed by atoms with Gasteiger partial charge >= 0.3 is 6.18 Å². The van der Waals surface area contributed by atoms with Crippen molar-refractivity contribution in [3.8, 4) is 22.8 Å². The van der Waals surface area contributed by atoms with Gasteiger partial charge in [-0.15, -0.1) is 0 Å². The van der Waals surface area contributed by atoms with Crippen LogP contribution in [0, 0.1) is 5.82 Å². The predicted octanol–water partition coefficient (Wildman–Crippen LogP) is 4.78. The number of aromatic nitrogens is 2. The first-order chi connectivity index (χ1) is 20.7. The van der Waals surface area contributed by atoms with Crippen molar-refractivity contribution in [3.63, 3.8) is 0 Å². The highest BCUT2D eigenvalue weighted by molar-refractivity contribution is 9.10. The lowest BCUT2D eigenvalue weighted by Gasteiger charge is -2.31. The van der Waals surface area contributed by atoms with Crippen LogP contribution in [-0.4, -0.2) is 60.4 Å². The molecule has 44 heavy (non-hydrogen) atoms. The molecular weight excluding hydrogens is 652 g/mol. The van der Waals surface area contributed by atoms with Crippen LogP contribution in [0.4, 0.5) is 17.6 Å². The van der Waals surface area contributed by atoms with E-state index in [9.17, 15) is 32.3 Å². The second-order valence-electron chi connectivity index (χ2n) is 10.4. The number of pyridine rings is 2. The van der Waals surface area contributed by atoms with Crippen LogP contribution < -0.4 is 20.1 Å². The molecule has 0 radical (unpaired) electrons. The summed E-state index contributed by atoms with van der Waals surface area (Å²) in [5.41, 5.74) is -5.61. The number of alkyl halides is 3. The number of fused-ring (bicyclic) bond motifs is 2. The molecule has 0 saturated carbocycles. The molecule has 1 aliphatic heterocycles. The lowest BCUT2D eigenvalue weighted by Crippen LogP contribution is -2.52. The number of benzene rings is 2. The zero-order chi connectivity index (χ0) is 32.0. The van der Waals surface area contributed by atoms with Gasteiger partial charge in [0.2, 0.25) is 11.5 Å². The molecule has 230 valence electrons. The smallest absolute Gasteiger partial charge is 0.424 e. The highest BCUT2D eigenvalue weighted by atomic mass is 79.9. The van der Waals surface area contributed by atoms with E-state index in [4.69, 9.17) is 9.47 Å². The fourth-order valence-corrected chi connectivity index (χ4v) is 5.33. The Morgan fingerprint density at radius 1 is 1.16 bits per heavy atom. The number of ether oxygens (including phenoxy) is 2. The number of hydrogen-bond acceptors (Lipinski definition) is 7. The van der Waals surface area contributed by atoms with Crippen LogP contribution in [-0.2, 0) is 15.8 Å². The third-order valence-electron chi connectivity index (χ3n) is 7.51. The van der Waals surface area contributed by atoms with Gasteiger partial charge in [0.05, 0.1) is 19.3 Å². The minimum Gasteiger partial charge on any atom is -0.494 e. The van der Waals surface area contributed by atoms with Crippen LogP contribution in [0.5, 0.6) is 11.5 Å². The van der Waals surface area contributed by atoms with Crippen LogP contribution in [0.15, 0.2) is 59.2 Å². The predicted molar refractivity (Wildman–Crippen MR) is 155 cm³/mol. The van der Waals surface area contributed by atoms with Crippen molar-refractivity contribution in [2.24, 2.45) is 0 Å². The minimum absolute atomic E-state index is 0.0167. The monoisotopic (exact) mass is 676 g/mol. The SMILES string of the molecule is CNC(=O)[C@@]1(C)COc2c1cc([C@@](O)(CNC(=O)c1cc(OC)c3ncc(Br)cc3c1)C(F)(F)F)nc2-c1ccc(F)cc1. The molecule has 2 atom stereocenters. The van der Waals surface area contributed by atoms with Crippen molar-refractivity contribution in [3.05, 3.63) is 81.8 Å². The molecule has 1 aliphatic rings. The average Bonchev–Trinajstić information content (AvgIpc) is 3.35. The number of nitrogens with one attached hydrogen (secondary N) is 2. The van der Waals surface area contributed by atoms with Gasteiger partial charge in [0.1, 0.15) is 40.5 Å². The lowest BCUT2D eigenvalue weighted by molar-refractivity contribution is -0.265. The van der Waals surface area contributed by atoms with E-state index >= 15 is 0 Å². The van der Waals surface area contributed by atoms with Crippen molar-refractivity contribution in [1.82, 2.24) is 20.6 Å². The number of aliphatic hydroxyl groups is 1. The normalized spacial score (nSPS) is 17.4. The van der Waals surface area contributed by atoms with E-state index in [1.54, 1.807) is 6.07 Å². The summed E-state index contributed by atoms with van der Waals surface area (Å²) in [6.07, 6.45) is -3.82. The van der Waals surface area contributed by atoms with E-state index in [-0.39, 0.29) is 40.5 Å². The van der Waals surface area contributed by atoms with Crippen molar-refractivity contribution in [2.75, 3.05) is 27.3 Å². The van der Waals surface area contributed by atoms with Gasteiger partial charge in [-0.25, -0.2) is 9.37 Å². The summed E-state index contributed by atoms with van der Waals surface area (Å²) in [4.78, 5) is 34.4. The molecule has 14 heteroatoms. The van der Waals surface area contributed by atoms with E-state index in [1.807, 2.05) is 0 Å². The molecule has 3 N–H and O–H groups in total. The molecule has 0 bridgehead atoms. The molecule has 2 amide bonds. The highest BCUT2D eigenvalue weighted by Gasteiger charge is 2.57. The maximum absolute atomic E-state index is 14.7. The molecule has 0 aliphatic carbocycles. The Morgan fingerprint density at radius 3 is 2.50 bits per heavy atom.